The Bertz CT molecular complexity index is 1200. The van der Waals surface area contributed by atoms with E-state index >= 15 is 0 Å². The fourth-order valence-electron chi connectivity index (χ4n) is 3.60. The fourth-order valence-corrected chi connectivity index (χ4v) is 4.42. The Morgan fingerprint density at radius 3 is 2.42 bits per heavy atom. The number of carbonyl (C=O) groups is 1. The number of aryl methyl sites for hydroxylation is 2. The van der Waals surface area contributed by atoms with Gasteiger partial charge in [0, 0.05) is 0 Å². The lowest BCUT2D eigenvalue weighted by molar-refractivity contribution is -0.115. The third-order valence-corrected chi connectivity index (χ3v) is 6.01. The van der Waals surface area contributed by atoms with Crippen LogP contribution < -0.4 is 14.8 Å². The lowest BCUT2D eigenvalue weighted by Gasteiger charge is -2.11. The van der Waals surface area contributed by atoms with Crippen molar-refractivity contribution in [1.29, 1.82) is 0 Å². The van der Waals surface area contributed by atoms with Gasteiger partial charge in [-0.25, -0.2) is 0 Å². The van der Waals surface area contributed by atoms with Gasteiger partial charge in [-0.1, -0.05) is 65.7 Å². The molecule has 3 aromatic rings. The van der Waals surface area contributed by atoms with Crippen LogP contribution in [0.15, 0.2) is 76.6 Å². The minimum absolute atomic E-state index is 0.150. The summed E-state index contributed by atoms with van der Waals surface area (Å²) in [5.41, 5.74) is 5.48. The molecule has 4 rings (SSSR count). The maximum absolute atomic E-state index is 12.5. The van der Waals surface area contributed by atoms with Crippen molar-refractivity contribution in [2.24, 2.45) is 4.99 Å². The van der Waals surface area contributed by atoms with Crippen LogP contribution in [0.5, 0.6) is 11.5 Å². The van der Waals surface area contributed by atoms with Crippen LogP contribution in [-0.4, -0.2) is 18.2 Å². The number of rotatable bonds is 7. The minimum Gasteiger partial charge on any atom is -0.493 e. The molecule has 0 aromatic heterocycles. The molecule has 0 aliphatic carbocycles. The molecule has 0 saturated carbocycles. The number of carbonyl (C=O) groups excluding carboxylic acids is 1. The highest BCUT2D eigenvalue weighted by Gasteiger charge is 2.23. The summed E-state index contributed by atoms with van der Waals surface area (Å²) in [6, 6.07) is 22.0. The van der Waals surface area contributed by atoms with Crippen molar-refractivity contribution in [3.8, 4) is 11.5 Å². The number of ether oxygens (including phenoxy) is 2. The minimum atomic E-state index is -0.150. The van der Waals surface area contributed by atoms with E-state index in [4.69, 9.17) is 9.47 Å². The SMILES string of the molecule is COc1cc(/C=C2\SC(=NCc3cc(C)cc(C)c3)NC2=O)ccc1OCc1ccccc1. The molecule has 33 heavy (non-hydrogen) atoms. The molecule has 1 fully saturated rings. The van der Waals surface area contributed by atoms with Crippen LogP contribution in [0.4, 0.5) is 0 Å². The second-order valence-corrected chi connectivity index (χ2v) is 8.90. The van der Waals surface area contributed by atoms with E-state index in [1.54, 1.807) is 7.11 Å². The zero-order valence-corrected chi connectivity index (χ0v) is 19.7. The molecule has 1 aliphatic heterocycles. The van der Waals surface area contributed by atoms with Gasteiger partial charge in [0.2, 0.25) is 0 Å². The number of benzene rings is 3. The van der Waals surface area contributed by atoms with Gasteiger partial charge in [-0.05, 0) is 60.5 Å². The molecule has 6 heteroatoms. The predicted octanol–water partition coefficient (Wildman–Crippen LogP) is 5.65. The number of aliphatic imine (C=N–C) groups is 1. The standard InChI is InChI=1S/C27H26N2O3S/c1-18-11-19(2)13-22(12-18)16-28-27-29-26(30)25(33-27)15-21-9-10-23(24(14-21)31-3)32-17-20-7-5-4-6-8-20/h4-15H,16-17H2,1-3H3,(H,28,29,30)/b25-15-. The molecule has 0 atom stereocenters. The summed E-state index contributed by atoms with van der Waals surface area (Å²) < 4.78 is 11.4. The number of thioether (sulfide) groups is 1. The van der Waals surface area contributed by atoms with Crippen molar-refractivity contribution in [2.75, 3.05) is 7.11 Å². The molecule has 1 amide bonds. The summed E-state index contributed by atoms with van der Waals surface area (Å²) in [6.07, 6.45) is 1.84. The molecule has 1 N–H and O–H groups in total. The van der Waals surface area contributed by atoms with Gasteiger partial charge in [0.25, 0.3) is 5.91 Å². The molecule has 1 aliphatic rings. The van der Waals surface area contributed by atoms with Crippen LogP contribution in [0, 0.1) is 13.8 Å². The Kier molecular flexibility index (Phi) is 7.15. The normalized spacial score (nSPS) is 15.7. The van der Waals surface area contributed by atoms with E-state index in [0.717, 1.165) is 16.7 Å². The lowest BCUT2D eigenvalue weighted by atomic mass is 10.1. The zero-order chi connectivity index (χ0) is 23.2. The monoisotopic (exact) mass is 458 g/mol. The van der Waals surface area contributed by atoms with Crippen molar-refractivity contribution in [3.63, 3.8) is 0 Å². The van der Waals surface area contributed by atoms with Gasteiger partial charge in [0.15, 0.2) is 16.7 Å². The Morgan fingerprint density at radius 2 is 1.70 bits per heavy atom. The van der Waals surface area contributed by atoms with Crippen molar-refractivity contribution >= 4 is 28.9 Å². The molecular weight excluding hydrogens is 432 g/mol. The second kappa shape index (κ2) is 10.4. The molecule has 0 bridgehead atoms. The Hall–Kier alpha value is -3.51. The predicted molar refractivity (Wildman–Crippen MR) is 135 cm³/mol. The Labute approximate surface area is 198 Å². The summed E-state index contributed by atoms with van der Waals surface area (Å²) >= 11 is 1.34. The number of hydrogen-bond donors (Lipinski definition) is 1. The van der Waals surface area contributed by atoms with Crippen LogP contribution in [0.3, 0.4) is 0 Å². The molecule has 1 heterocycles. The van der Waals surface area contributed by atoms with E-state index < -0.39 is 0 Å². The van der Waals surface area contributed by atoms with Crippen molar-refractivity contribution < 1.29 is 14.3 Å². The Morgan fingerprint density at radius 1 is 0.939 bits per heavy atom. The van der Waals surface area contributed by atoms with Crippen LogP contribution in [0.1, 0.15) is 27.8 Å². The molecule has 0 unspecified atom stereocenters. The summed E-state index contributed by atoms with van der Waals surface area (Å²) in [5.74, 6) is 1.12. The Balaban J connectivity index is 1.44. The van der Waals surface area contributed by atoms with Crippen molar-refractivity contribution in [2.45, 2.75) is 27.0 Å². The first-order valence-corrected chi connectivity index (χ1v) is 11.5. The average Bonchev–Trinajstić information content (AvgIpc) is 3.15. The molecule has 1 saturated heterocycles. The summed E-state index contributed by atoms with van der Waals surface area (Å²) in [4.78, 5) is 17.6. The zero-order valence-electron chi connectivity index (χ0n) is 18.9. The number of nitrogens with one attached hydrogen (secondary N) is 1. The van der Waals surface area contributed by atoms with E-state index in [0.29, 0.717) is 34.7 Å². The highest BCUT2D eigenvalue weighted by molar-refractivity contribution is 8.18. The molecule has 5 nitrogen and oxygen atoms in total. The maximum Gasteiger partial charge on any atom is 0.264 e. The molecular formula is C27H26N2O3S. The largest absolute Gasteiger partial charge is 0.493 e. The van der Waals surface area contributed by atoms with E-state index in [-0.39, 0.29) is 5.91 Å². The summed E-state index contributed by atoms with van der Waals surface area (Å²) in [5, 5.41) is 3.46. The molecule has 168 valence electrons. The quantitative estimate of drug-likeness (QED) is 0.465. The topological polar surface area (TPSA) is 59.9 Å². The number of nitrogens with zero attached hydrogens (tertiary/aromatic N) is 1. The highest BCUT2D eigenvalue weighted by atomic mass is 32.2. The third kappa shape index (κ3) is 6.05. The van der Waals surface area contributed by atoms with Gasteiger partial charge in [0.1, 0.15) is 6.61 Å². The smallest absolute Gasteiger partial charge is 0.264 e. The summed E-state index contributed by atoms with van der Waals surface area (Å²) in [6.45, 7) is 5.13. The molecule has 0 spiro atoms. The number of hydrogen-bond acceptors (Lipinski definition) is 5. The van der Waals surface area contributed by atoms with Gasteiger partial charge in [0.05, 0.1) is 18.6 Å². The van der Waals surface area contributed by atoms with Crippen LogP contribution in [0.25, 0.3) is 6.08 Å². The van der Waals surface area contributed by atoms with E-state index in [9.17, 15) is 4.79 Å². The number of amides is 1. The van der Waals surface area contributed by atoms with Gasteiger partial charge in [-0.3, -0.25) is 9.79 Å². The molecule has 0 radical (unpaired) electrons. The van der Waals surface area contributed by atoms with E-state index in [1.807, 2.05) is 54.6 Å². The van der Waals surface area contributed by atoms with Crippen molar-refractivity contribution in [3.05, 3.63) is 99.5 Å². The fraction of sp³-hybridized carbons (Fsp3) is 0.185. The van der Waals surface area contributed by atoms with Gasteiger partial charge in [-0.2, -0.15) is 0 Å². The van der Waals surface area contributed by atoms with E-state index in [2.05, 4.69) is 42.4 Å². The first-order valence-electron chi connectivity index (χ1n) is 10.7. The van der Waals surface area contributed by atoms with E-state index in [1.165, 1.54) is 22.9 Å². The number of methoxy groups -OCH3 is 1. The number of amidine groups is 1. The highest BCUT2D eigenvalue weighted by Crippen LogP contribution is 2.32. The lowest BCUT2D eigenvalue weighted by Crippen LogP contribution is -2.19. The maximum atomic E-state index is 12.5. The first kappa shape index (κ1) is 22.7. The molecule has 3 aromatic carbocycles. The first-order chi connectivity index (χ1) is 16.0. The van der Waals surface area contributed by atoms with Crippen LogP contribution in [0.2, 0.25) is 0 Å². The van der Waals surface area contributed by atoms with Gasteiger partial charge < -0.3 is 14.8 Å². The van der Waals surface area contributed by atoms with Crippen molar-refractivity contribution in [1.82, 2.24) is 5.32 Å². The van der Waals surface area contributed by atoms with Crippen LogP contribution >= 0.6 is 11.8 Å². The second-order valence-electron chi connectivity index (χ2n) is 7.87. The van der Waals surface area contributed by atoms with Gasteiger partial charge >= 0.3 is 0 Å². The third-order valence-electron chi connectivity index (χ3n) is 5.06. The van der Waals surface area contributed by atoms with Gasteiger partial charge in [-0.15, -0.1) is 0 Å². The van der Waals surface area contributed by atoms with Crippen LogP contribution in [-0.2, 0) is 17.9 Å². The average molecular weight is 459 g/mol. The summed E-state index contributed by atoms with van der Waals surface area (Å²) in [7, 11) is 1.61.